The van der Waals surface area contributed by atoms with E-state index in [-0.39, 0.29) is 6.10 Å². The van der Waals surface area contributed by atoms with Gasteiger partial charge in [0.25, 0.3) is 0 Å². The van der Waals surface area contributed by atoms with Gasteiger partial charge in [0.05, 0.1) is 11.8 Å². The molecule has 0 spiro atoms. The molecule has 0 aliphatic heterocycles. The molecule has 1 unspecified atom stereocenters. The molecule has 2 N–H and O–H groups in total. The molecule has 1 aromatic heterocycles. The minimum atomic E-state index is -0.363. The predicted molar refractivity (Wildman–Crippen MR) is 65.5 cm³/mol. The number of aliphatic hydroxyl groups excluding tert-OH is 1. The van der Waals surface area contributed by atoms with E-state index in [9.17, 15) is 5.11 Å². The summed E-state index contributed by atoms with van der Waals surface area (Å²) in [4.78, 5) is 0. The molecular formula is C12H23N3O. The zero-order valence-electron chi connectivity index (χ0n) is 10.6. The number of aliphatic hydroxyl groups is 1. The fraction of sp³-hybridized carbons (Fsp3) is 0.750. The summed E-state index contributed by atoms with van der Waals surface area (Å²) in [5.41, 5.74) is 0.951. The van der Waals surface area contributed by atoms with E-state index in [0.29, 0.717) is 25.0 Å². The van der Waals surface area contributed by atoms with Crippen LogP contribution in [0.15, 0.2) is 12.3 Å². The molecule has 4 nitrogen and oxygen atoms in total. The minimum absolute atomic E-state index is 0.363. The molecule has 4 heteroatoms. The number of rotatable bonds is 6. The maximum Gasteiger partial charge on any atom is 0.0720 e. The lowest BCUT2D eigenvalue weighted by atomic mass is 10.2. The third kappa shape index (κ3) is 4.33. The molecule has 1 aromatic rings. The van der Waals surface area contributed by atoms with Gasteiger partial charge in [-0.1, -0.05) is 13.8 Å². The van der Waals surface area contributed by atoms with Crippen molar-refractivity contribution in [3.63, 3.8) is 0 Å². The van der Waals surface area contributed by atoms with Crippen molar-refractivity contribution in [1.82, 2.24) is 15.1 Å². The summed E-state index contributed by atoms with van der Waals surface area (Å²) in [6, 6.07) is 2.75. The van der Waals surface area contributed by atoms with Crippen LogP contribution in [0.25, 0.3) is 0 Å². The van der Waals surface area contributed by atoms with Crippen molar-refractivity contribution >= 4 is 0 Å². The molecule has 0 aliphatic rings. The summed E-state index contributed by atoms with van der Waals surface area (Å²) in [6.45, 7) is 8.94. The first-order valence-corrected chi connectivity index (χ1v) is 5.94. The molecule has 0 saturated carbocycles. The van der Waals surface area contributed by atoms with Crippen LogP contribution in [0.4, 0.5) is 0 Å². The summed E-state index contributed by atoms with van der Waals surface area (Å²) in [7, 11) is 0. The average molecular weight is 225 g/mol. The van der Waals surface area contributed by atoms with Gasteiger partial charge < -0.3 is 10.4 Å². The maximum absolute atomic E-state index is 9.79. The number of hydrogen-bond donors (Lipinski definition) is 2. The Labute approximate surface area is 97.7 Å². The molecule has 0 saturated heterocycles. The largest absolute Gasteiger partial charge is 0.391 e. The zero-order chi connectivity index (χ0) is 12.1. The molecule has 0 aromatic carbocycles. The Balaban J connectivity index is 2.40. The van der Waals surface area contributed by atoms with Crippen molar-refractivity contribution in [3.8, 4) is 0 Å². The van der Waals surface area contributed by atoms with Gasteiger partial charge in [-0.2, -0.15) is 5.10 Å². The second-order valence-electron chi connectivity index (χ2n) is 4.80. The second kappa shape index (κ2) is 6.01. The second-order valence-corrected chi connectivity index (χ2v) is 4.80. The fourth-order valence-electron chi connectivity index (χ4n) is 1.46. The lowest BCUT2D eigenvalue weighted by Gasteiger charge is -2.12. The van der Waals surface area contributed by atoms with Crippen molar-refractivity contribution in [3.05, 3.63) is 18.0 Å². The van der Waals surface area contributed by atoms with E-state index >= 15 is 0 Å². The Kier molecular flexibility index (Phi) is 4.96. The highest BCUT2D eigenvalue weighted by Crippen LogP contribution is 2.06. The first-order chi connectivity index (χ1) is 7.49. The van der Waals surface area contributed by atoms with Gasteiger partial charge in [-0.05, 0) is 19.9 Å². The fourth-order valence-corrected chi connectivity index (χ4v) is 1.46. The number of hydrogen-bond acceptors (Lipinski definition) is 3. The standard InChI is InChI=1S/C12H23N3O/c1-9(2)13-8-12(16)7-11-5-6-15(14-11)10(3)4/h5-6,9-10,12-13,16H,7-8H2,1-4H3. The molecule has 0 bridgehead atoms. The molecule has 0 aliphatic carbocycles. The van der Waals surface area contributed by atoms with E-state index in [2.05, 4.69) is 38.1 Å². The summed E-state index contributed by atoms with van der Waals surface area (Å²) >= 11 is 0. The summed E-state index contributed by atoms with van der Waals surface area (Å²) < 4.78 is 1.91. The monoisotopic (exact) mass is 225 g/mol. The highest BCUT2D eigenvalue weighted by molar-refractivity contribution is 5.01. The molecule has 1 heterocycles. The Hall–Kier alpha value is -0.870. The number of nitrogens with zero attached hydrogens (tertiary/aromatic N) is 2. The lowest BCUT2D eigenvalue weighted by molar-refractivity contribution is 0.167. The Morgan fingerprint density at radius 2 is 2.06 bits per heavy atom. The normalized spacial score (nSPS) is 13.7. The van der Waals surface area contributed by atoms with Crippen LogP contribution < -0.4 is 5.32 Å². The molecule has 0 amide bonds. The van der Waals surface area contributed by atoms with Gasteiger partial charge in [-0.25, -0.2) is 0 Å². The molecule has 92 valence electrons. The first kappa shape index (κ1) is 13.2. The molecule has 0 fully saturated rings. The Morgan fingerprint density at radius 1 is 1.38 bits per heavy atom. The van der Waals surface area contributed by atoms with Crippen LogP contribution in [0.5, 0.6) is 0 Å². The van der Waals surface area contributed by atoms with Crippen molar-refractivity contribution < 1.29 is 5.11 Å². The van der Waals surface area contributed by atoms with Crippen LogP contribution in [-0.4, -0.2) is 33.6 Å². The smallest absolute Gasteiger partial charge is 0.0720 e. The Morgan fingerprint density at radius 3 is 2.56 bits per heavy atom. The van der Waals surface area contributed by atoms with Crippen LogP contribution in [0.1, 0.15) is 39.4 Å². The third-order valence-electron chi connectivity index (χ3n) is 2.40. The van der Waals surface area contributed by atoms with Gasteiger partial charge >= 0.3 is 0 Å². The van der Waals surface area contributed by atoms with E-state index in [1.165, 1.54) is 0 Å². The number of nitrogens with one attached hydrogen (secondary N) is 1. The van der Waals surface area contributed by atoms with E-state index in [0.717, 1.165) is 5.69 Å². The van der Waals surface area contributed by atoms with Crippen LogP contribution in [0.2, 0.25) is 0 Å². The summed E-state index contributed by atoms with van der Waals surface area (Å²) in [6.07, 6.45) is 2.21. The van der Waals surface area contributed by atoms with Crippen LogP contribution in [-0.2, 0) is 6.42 Å². The summed E-state index contributed by atoms with van der Waals surface area (Å²) in [5.74, 6) is 0. The lowest BCUT2D eigenvalue weighted by Crippen LogP contribution is -2.33. The predicted octanol–water partition coefficient (Wildman–Crippen LogP) is 1.37. The molecule has 1 atom stereocenters. The first-order valence-electron chi connectivity index (χ1n) is 5.94. The summed E-state index contributed by atoms with van der Waals surface area (Å²) in [5, 5.41) is 17.4. The minimum Gasteiger partial charge on any atom is -0.391 e. The van der Waals surface area contributed by atoms with Gasteiger partial charge in [0.2, 0.25) is 0 Å². The van der Waals surface area contributed by atoms with E-state index in [4.69, 9.17) is 0 Å². The zero-order valence-corrected chi connectivity index (χ0v) is 10.6. The quantitative estimate of drug-likeness (QED) is 0.768. The maximum atomic E-state index is 9.79. The van der Waals surface area contributed by atoms with Crippen LogP contribution in [0, 0.1) is 0 Å². The van der Waals surface area contributed by atoms with Gasteiger partial charge in [-0.3, -0.25) is 4.68 Å². The van der Waals surface area contributed by atoms with E-state index in [1.54, 1.807) is 0 Å². The highest BCUT2D eigenvalue weighted by atomic mass is 16.3. The molecule has 16 heavy (non-hydrogen) atoms. The highest BCUT2D eigenvalue weighted by Gasteiger charge is 2.09. The van der Waals surface area contributed by atoms with Crippen molar-refractivity contribution in [2.45, 2.75) is 52.3 Å². The van der Waals surface area contributed by atoms with Crippen LogP contribution >= 0.6 is 0 Å². The SMILES string of the molecule is CC(C)NCC(O)Cc1ccn(C(C)C)n1. The van der Waals surface area contributed by atoms with Gasteiger partial charge in [0.1, 0.15) is 0 Å². The topological polar surface area (TPSA) is 50.1 Å². The van der Waals surface area contributed by atoms with Crippen molar-refractivity contribution in [2.75, 3.05) is 6.54 Å². The van der Waals surface area contributed by atoms with Crippen molar-refractivity contribution in [1.29, 1.82) is 0 Å². The molecule has 1 rings (SSSR count). The van der Waals surface area contributed by atoms with Gasteiger partial charge in [0, 0.05) is 31.2 Å². The van der Waals surface area contributed by atoms with E-state index in [1.807, 2.05) is 16.9 Å². The molecular weight excluding hydrogens is 202 g/mol. The molecule has 0 radical (unpaired) electrons. The van der Waals surface area contributed by atoms with Gasteiger partial charge in [-0.15, -0.1) is 0 Å². The van der Waals surface area contributed by atoms with E-state index < -0.39 is 0 Å². The third-order valence-corrected chi connectivity index (χ3v) is 2.40. The number of aromatic nitrogens is 2. The van der Waals surface area contributed by atoms with Gasteiger partial charge in [0.15, 0.2) is 0 Å². The van der Waals surface area contributed by atoms with Crippen LogP contribution in [0.3, 0.4) is 0 Å². The average Bonchev–Trinajstić information content (AvgIpc) is 2.63. The Bertz CT molecular complexity index is 307. The van der Waals surface area contributed by atoms with Crippen molar-refractivity contribution in [2.24, 2.45) is 0 Å².